The highest BCUT2D eigenvalue weighted by atomic mass is 16.3. The van der Waals surface area contributed by atoms with Crippen LogP contribution in [-0.2, 0) is 4.79 Å². The minimum absolute atomic E-state index is 0.158. The molecule has 0 bridgehead atoms. The second-order valence-electron chi connectivity index (χ2n) is 13.3. The van der Waals surface area contributed by atoms with Crippen molar-refractivity contribution in [3.8, 4) is 11.3 Å². The van der Waals surface area contributed by atoms with Crippen molar-refractivity contribution in [2.75, 3.05) is 11.9 Å². The van der Waals surface area contributed by atoms with Crippen molar-refractivity contribution in [2.45, 2.75) is 82.6 Å². The third-order valence-electron chi connectivity index (χ3n) is 9.95. The van der Waals surface area contributed by atoms with E-state index in [2.05, 4.69) is 58.3 Å². The summed E-state index contributed by atoms with van der Waals surface area (Å²) in [6.45, 7) is 5.14. The Morgan fingerprint density at radius 2 is 1.82 bits per heavy atom. The number of imide groups is 1. The average Bonchev–Trinajstić information content (AvgIpc) is 3.51. The maximum Gasteiger partial charge on any atom is 0.262 e. The van der Waals surface area contributed by atoms with Crippen molar-refractivity contribution < 1.29 is 19.5 Å². The van der Waals surface area contributed by atoms with E-state index in [1.807, 2.05) is 12.3 Å². The number of benzene rings is 1. The lowest BCUT2D eigenvalue weighted by molar-refractivity contribution is -0.129. The first kappa shape index (κ1) is 28.0. The fourth-order valence-electron chi connectivity index (χ4n) is 7.24. The maximum atomic E-state index is 13.2. The fraction of sp³-hybridized carbons (Fsp3) is 0.441. The first-order valence-electron chi connectivity index (χ1n) is 16.0. The molecular weight excluding hydrogens is 570 g/mol. The lowest BCUT2D eigenvalue weighted by Gasteiger charge is -2.35. The van der Waals surface area contributed by atoms with Gasteiger partial charge < -0.3 is 20.3 Å². The van der Waals surface area contributed by atoms with Crippen LogP contribution >= 0.6 is 0 Å². The van der Waals surface area contributed by atoms with Crippen molar-refractivity contribution in [3.05, 3.63) is 65.7 Å². The number of anilines is 1. The van der Waals surface area contributed by atoms with Crippen molar-refractivity contribution in [1.29, 1.82) is 0 Å². The van der Waals surface area contributed by atoms with E-state index in [0.717, 1.165) is 41.2 Å². The Kier molecular flexibility index (Phi) is 6.56. The number of hydrogen-bond donors (Lipinski definition) is 3. The molecule has 2 saturated carbocycles. The number of nitrogens with zero attached hydrogens (tertiary/aromatic N) is 5. The Morgan fingerprint density at radius 3 is 2.58 bits per heavy atom. The molecule has 0 radical (unpaired) electrons. The number of piperidine rings is 1. The molecule has 3 fully saturated rings. The largest absolute Gasteiger partial charge is 0.385 e. The molecule has 2 aliphatic heterocycles. The molecule has 8 rings (SSSR count). The lowest BCUT2D eigenvalue weighted by Crippen LogP contribution is -2.57. The molecule has 11 heteroatoms. The first-order chi connectivity index (χ1) is 21.8. The molecule has 2 unspecified atom stereocenters. The second kappa shape index (κ2) is 10.5. The lowest BCUT2D eigenvalue weighted by atomic mass is 9.80. The molecule has 0 spiro atoms. The Hall–Kier alpha value is -4.51. The van der Waals surface area contributed by atoms with E-state index in [0.29, 0.717) is 35.0 Å². The van der Waals surface area contributed by atoms with Gasteiger partial charge in [0, 0.05) is 60.2 Å². The van der Waals surface area contributed by atoms with Gasteiger partial charge in [-0.3, -0.25) is 28.9 Å². The number of nitrogens with one attached hydrogen (secondary N) is 2. The monoisotopic (exact) mass is 607 g/mol. The van der Waals surface area contributed by atoms with Crippen LogP contribution < -0.4 is 10.6 Å². The summed E-state index contributed by atoms with van der Waals surface area (Å²) in [7, 11) is 0. The van der Waals surface area contributed by atoms with Gasteiger partial charge in [0.1, 0.15) is 6.23 Å². The van der Waals surface area contributed by atoms with E-state index in [-0.39, 0.29) is 18.7 Å². The van der Waals surface area contributed by atoms with Crippen molar-refractivity contribution in [1.82, 2.24) is 29.5 Å². The van der Waals surface area contributed by atoms with E-state index >= 15 is 0 Å². The van der Waals surface area contributed by atoms with Gasteiger partial charge in [-0.05, 0) is 82.2 Å². The Labute approximate surface area is 260 Å². The van der Waals surface area contributed by atoms with Crippen molar-refractivity contribution in [3.63, 3.8) is 0 Å². The molecule has 5 heterocycles. The van der Waals surface area contributed by atoms with Gasteiger partial charge in [0.05, 0.1) is 40.1 Å². The molecule has 45 heavy (non-hydrogen) atoms. The Bertz CT molecular complexity index is 1850. The van der Waals surface area contributed by atoms with Crippen LogP contribution in [0.4, 0.5) is 5.69 Å². The third kappa shape index (κ3) is 4.72. The molecule has 2 aliphatic carbocycles. The van der Waals surface area contributed by atoms with E-state index < -0.39 is 24.1 Å². The molecule has 1 aromatic carbocycles. The average molecular weight is 608 g/mol. The smallest absolute Gasteiger partial charge is 0.262 e. The normalized spacial score (nSPS) is 24.7. The number of carbonyl (C=O) groups excluding carboxylic acids is 3. The topological polar surface area (TPSA) is 134 Å². The number of amides is 3. The number of carbonyl (C=O) groups is 3. The number of aromatic nitrogens is 4. The summed E-state index contributed by atoms with van der Waals surface area (Å²) in [6.07, 6.45) is 9.76. The predicted molar refractivity (Wildman–Crippen MR) is 168 cm³/mol. The standard InChI is InChI=1S/C34H37N7O4/c1-18(2)39-12-10-24-27(39)9-11-35-31(24)26-17-40(38-30(26)20-3-4-20)22-13-19(14-22)16-36-21-5-6-23-25(15-21)34(45)41(33(23)44)28-7-8-29(42)37-32(28)43/h5-6,9-12,15,17-20,22,28,32,36,43H,3-4,7-8,13-14,16H2,1-2H3,(H,37,42). The van der Waals surface area contributed by atoms with Gasteiger partial charge in [-0.25, -0.2) is 0 Å². The van der Waals surface area contributed by atoms with Crippen LogP contribution in [0.5, 0.6) is 0 Å². The van der Waals surface area contributed by atoms with Gasteiger partial charge in [0.2, 0.25) is 5.91 Å². The van der Waals surface area contributed by atoms with Gasteiger partial charge in [-0.15, -0.1) is 0 Å². The fourth-order valence-corrected chi connectivity index (χ4v) is 7.24. The number of pyridine rings is 1. The zero-order chi connectivity index (χ0) is 31.0. The molecule has 4 aliphatic rings. The first-order valence-corrected chi connectivity index (χ1v) is 16.0. The highest BCUT2D eigenvalue weighted by Gasteiger charge is 2.44. The summed E-state index contributed by atoms with van der Waals surface area (Å²) in [5.41, 5.74) is 5.97. The molecule has 3 amide bonds. The summed E-state index contributed by atoms with van der Waals surface area (Å²) in [5.74, 6) is -0.195. The number of aliphatic hydroxyl groups excluding tert-OH is 1. The summed E-state index contributed by atoms with van der Waals surface area (Å²) in [6, 6.07) is 9.42. The van der Waals surface area contributed by atoms with Crippen LogP contribution in [0.25, 0.3) is 22.2 Å². The zero-order valence-electron chi connectivity index (χ0n) is 25.4. The summed E-state index contributed by atoms with van der Waals surface area (Å²) in [5, 5.41) is 22.5. The van der Waals surface area contributed by atoms with Crippen LogP contribution in [0.3, 0.4) is 0 Å². The maximum absolute atomic E-state index is 13.2. The number of rotatable bonds is 8. The minimum atomic E-state index is -1.26. The highest BCUT2D eigenvalue weighted by molar-refractivity contribution is 6.22. The SMILES string of the molecule is CC(C)n1ccc2c(-c3cn(C4CC(CNc5ccc6c(c5)C(=O)N(C5CCC(=O)NC5O)C6=O)C4)nc3C3CC3)nccc21. The van der Waals surface area contributed by atoms with Crippen LogP contribution in [-0.4, -0.2) is 65.9 Å². The van der Waals surface area contributed by atoms with Crippen LogP contribution in [0.2, 0.25) is 0 Å². The molecular formula is C34H37N7O4. The summed E-state index contributed by atoms with van der Waals surface area (Å²) < 4.78 is 4.45. The van der Waals surface area contributed by atoms with E-state index in [1.165, 1.54) is 29.4 Å². The zero-order valence-corrected chi connectivity index (χ0v) is 25.4. The molecule has 1 saturated heterocycles. The highest BCUT2D eigenvalue weighted by Crippen LogP contribution is 2.46. The van der Waals surface area contributed by atoms with Crippen LogP contribution in [0, 0.1) is 5.92 Å². The molecule has 3 aromatic heterocycles. The van der Waals surface area contributed by atoms with Gasteiger partial charge >= 0.3 is 0 Å². The van der Waals surface area contributed by atoms with Gasteiger partial charge in [-0.1, -0.05) is 0 Å². The van der Waals surface area contributed by atoms with Crippen molar-refractivity contribution >= 4 is 34.3 Å². The van der Waals surface area contributed by atoms with Gasteiger partial charge in [-0.2, -0.15) is 5.10 Å². The molecule has 4 aromatic rings. The Morgan fingerprint density at radius 1 is 1.02 bits per heavy atom. The molecule has 232 valence electrons. The predicted octanol–water partition coefficient (Wildman–Crippen LogP) is 4.61. The van der Waals surface area contributed by atoms with E-state index in [1.54, 1.807) is 12.1 Å². The van der Waals surface area contributed by atoms with Gasteiger partial charge in [0.15, 0.2) is 0 Å². The van der Waals surface area contributed by atoms with E-state index in [9.17, 15) is 19.5 Å². The second-order valence-corrected chi connectivity index (χ2v) is 13.3. The quantitative estimate of drug-likeness (QED) is 0.249. The third-order valence-corrected chi connectivity index (χ3v) is 9.95. The number of fused-ring (bicyclic) bond motifs is 2. The Balaban J connectivity index is 0.937. The summed E-state index contributed by atoms with van der Waals surface area (Å²) >= 11 is 0. The molecule has 3 N–H and O–H groups in total. The summed E-state index contributed by atoms with van der Waals surface area (Å²) in [4.78, 5) is 43.8. The number of aliphatic hydroxyl groups is 1. The van der Waals surface area contributed by atoms with Gasteiger partial charge in [0.25, 0.3) is 11.8 Å². The minimum Gasteiger partial charge on any atom is -0.385 e. The van der Waals surface area contributed by atoms with Crippen LogP contribution in [0.1, 0.15) is 96.8 Å². The number of hydrogen-bond acceptors (Lipinski definition) is 7. The van der Waals surface area contributed by atoms with Crippen molar-refractivity contribution in [2.24, 2.45) is 5.92 Å². The molecule has 2 atom stereocenters. The molecule has 11 nitrogen and oxygen atoms in total. The van der Waals surface area contributed by atoms with E-state index in [4.69, 9.17) is 10.1 Å². The van der Waals surface area contributed by atoms with Crippen LogP contribution in [0.15, 0.2) is 48.9 Å².